The van der Waals surface area contributed by atoms with Crippen molar-refractivity contribution in [3.8, 4) is 11.5 Å². The Morgan fingerprint density at radius 1 is 1.38 bits per heavy atom. The topological polar surface area (TPSA) is 102 Å². The van der Waals surface area contributed by atoms with Gasteiger partial charge in [0.15, 0.2) is 11.5 Å². The third-order valence-electron chi connectivity index (χ3n) is 3.06. The van der Waals surface area contributed by atoms with Crippen molar-refractivity contribution in [1.29, 1.82) is 0 Å². The lowest BCUT2D eigenvalue weighted by molar-refractivity contribution is -0.384. The molecule has 0 aliphatic rings. The molecule has 0 heterocycles. The van der Waals surface area contributed by atoms with E-state index in [0.29, 0.717) is 5.75 Å². The van der Waals surface area contributed by atoms with Crippen LogP contribution in [0.4, 0.5) is 11.4 Å². The fraction of sp³-hybridized carbons (Fsp3) is 0.462. The van der Waals surface area contributed by atoms with E-state index >= 15 is 0 Å². The molecule has 1 aromatic rings. The minimum atomic E-state index is -0.968. The molecular formula is C13H18N2O6. The van der Waals surface area contributed by atoms with E-state index in [-0.39, 0.29) is 23.7 Å². The van der Waals surface area contributed by atoms with E-state index in [4.69, 9.17) is 14.6 Å². The molecule has 1 rings (SSSR count). The maximum Gasteiger partial charge on any atom is 0.308 e. The van der Waals surface area contributed by atoms with Gasteiger partial charge < -0.3 is 19.5 Å². The second-order valence-corrected chi connectivity index (χ2v) is 4.57. The first-order valence-electron chi connectivity index (χ1n) is 6.16. The Kier molecular flexibility index (Phi) is 5.34. The van der Waals surface area contributed by atoms with Crippen LogP contribution in [0.1, 0.15) is 6.92 Å². The number of carbonyl (C=O) groups is 1. The van der Waals surface area contributed by atoms with Crippen molar-refractivity contribution in [2.24, 2.45) is 5.92 Å². The van der Waals surface area contributed by atoms with Gasteiger partial charge in [-0.25, -0.2) is 0 Å². The average molecular weight is 298 g/mol. The molecule has 21 heavy (non-hydrogen) atoms. The fourth-order valence-electron chi connectivity index (χ4n) is 1.90. The molecule has 0 bridgehead atoms. The van der Waals surface area contributed by atoms with Crippen LogP contribution < -0.4 is 14.4 Å². The zero-order chi connectivity index (χ0) is 16.2. The normalized spacial score (nSPS) is 11.6. The van der Waals surface area contributed by atoms with Crippen molar-refractivity contribution in [3.05, 3.63) is 22.2 Å². The van der Waals surface area contributed by atoms with Gasteiger partial charge >= 0.3 is 5.97 Å². The van der Waals surface area contributed by atoms with Gasteiger partial charge in [0, 0.05) is 19.7 Å². The van der Waals surface area contributed by atoms with E-state index in [1.165, 1.54) is 38.2 Å². The molecule has 0 fully saturated rings. The Morgan fingerprint density at radius 2 is 1.90 bits per heavy atom. The van der Waals surface area contributed by atoms with Gasteiger partial charge in [-0.3, -0.25) is 14.9 Å². The number of nitro groups is 1. The number of benzene rings is 1. The molecule has 1 atom stereocenters. The Morgan fingerprint density at radius 3 is 2.33 bits per heavy atom. The highest BCUT2D eigenvalue weighted by Gasteiger charge is 2.24. The summed E-state index contributed by atoms with van der Waals surface area (Å²) in [5.74, 6) is -1.05. The van der Waals surface area contributed by atoms with Crippen LogP contribution in [0.2, 0.25) is 0 Å². The fourth-order valence-corrected chi connectivity index (χ4v) is 1.90. The number of carboxylic acid groups (broad SMARTS) is 1. The number of hydrogen-bond acceptors (Lipinski definition) is 6. The second-order valence-electron chi connectivity index (χ2n) is 4.57. The number of ether oxygens (including phenoxy) is 2. The maximum absolute atomic E-state index is 11.2. The molecule has 0 spiro atoms. The standard InChI is InChI=1S/C13H18N2O6/c1-8(13(16)17)7-14(2)9-5-11(20-3)12(21-4)6-10(9)15(18)19/h5-6,8H,7H2,1-4H3,(H,16,17). The third kappa shape index (κ3) is 3.74. The molecule has 8 heteroatoms. The van der Waals surface area contributed by atoms with Crippen molar-refractivity contribution >= 4 is 17.3 Å². The van der Waals surface area contributed by atoms with Crippen LogP contribution in [0.15, 0.2) is 12.1 Å². The molecule has 0 aliphatic carbocycles. The van der Waals surface area contributed by atoms with E-state index in [0.717, 1.165) is 0 Å². The number of carboxylic acids is 1. The Hall–Kier alpha value is -2.51. The van der Waals surface area contributed by atoms with E-state index in [1.54, 1.807) is 7.05 Å². The number of anilines is 1. The highest BCUT2D eigenvalue weighted by atomic mass is 16.6. The summed E-state index contributed by atoms with van der Waals surface area (Å²) in [6.07, 6.45) is 0. The molecule has 0 amide bonds. The predicted molar refractivity (Wildman–Crippen MR) is 76.3 cm³/mol. The van der Waals surface area contributed by atoms with Gasteiger partial charge in [0.2, 0.25) is 0 Å². The first-order chi connectivity index (χ1) is 9.81. The van der Waals surface area contributed by atoms with Crippen LogP contribution in [0.25, 0.3) is 0 Å². The third-order valence-corrected chi connectivity index (χ3v) is 3.06. The number of nitrogens with zero attached hydrogens (tertiary/aromatic N) is 2. The number of rotatable bonds is 7. The molecule has 8 nitrogen and oxygen atoms in total. The van der Waals surface area contributed by atoms with Crippen LogP contribution in [0.3, 0.4) is 0 Å². The summed E-state index contributed by atoms with van der Waals surface area (Å²) in [6.45, 7) is 1.66. The zero-order valence-electron chi connectivity index (χ0n) is 12.3. The summed E-state index contributed by atoms with van der Waals surface area (Å²) in [6, 6.07) is 2.72. The summed E-state index contributed by atoms with van der Waals surface area (Å²) >= 11 is 0. The smallest absolute Gasteiger partial charge is 0.308 e. The highest BCUT2D eigenvalue weighted by Crippen LogP contribution is 2.39. The lowest BCUT2D eigenvalue weighted by Crippen LogP contribution is -2.28. The van der Waals surface area contributed by atoms with Gasteiger partial charge in [0.25, 0.3) is 5.69 Å². The molecule has 0 aromatic heterocycles. The molecule has 1 unspecified atom stereocenters. The van der Waals surface area contributed by atoms with E-state index < -0.39 is 16.8 Å². The van der Waals surface area contributed by atoms with Crippen LogP contribution in [0, 0.1) is 16.0 Å². The molecule has 0 saturated carbocycles. The summed E-state index contributed by atoms with van der Waals surface area (Å²) in [7, 11) is 4.40. The lowest BCUT2D eigenvalue weighted by atomic mass is 10.1. The van der Waals surface area contributed by atoms with Gasteiger partial charge in [-0.05, 0) is 0 Å². The predicted octanol–water partition coefficient (Wildman–Crippen LogP) is 1.77. The van der Waals surface area contributed by atoms with Crippen molar-refractivity contribution in [2.45, 2.75) is 6.92 Å². The number of aliphatic carboxylic acids is 1. The monoisotopic (exact) mass is 298 g/mol. The molecular weight excluding hydrogens is 280 g/mol. The quantitative estimate of drug-likeness (QED) is 0.604. The van der Waals surface area contributed by atoms with Crippen LogP contribution >= 0.6 is 0 Å². The van der Waals surface area contributed by atoms with E-state index in [1.807, 2.05) is 0 Å². The van der Waals surface area contributed by atoms with Crippen molar-refractivity contribution in [1.82, 2.24) is 0 Å². The Balaban J connectivity index is 3.25. The molecule has 1 N–H and O–H groups in total. The number of hydrogen-bond donors (Lipinski definition) is 1. The first kappa shape index (κ1) is 16.5. The summed E-state index contributed by atoms with van der Waals surface area (Å²) < 4.78 is 10.2. The van der Waals surface area contributed by atoms with Gasteiger partial charge in [-0.15, -0.1) is 0 Å². The Labute approximate surface area is 122 Å². The molecule has 0 saturated heterocycles. The van der Waals surface area contributed by atoms with Gasteiger partial charge in [-0.1, -0.05) is 6.92 Å². The van der Waals surface area contributed by atoms with Crippen LogP contribution in [-0.2, 0) is 4.79 Å². The first-order valence-corrected chi connectivity index (χ1v) is 6.16. The summed E-state index contributed by atoms with van der Waals surface area (Å²) in [4.78, 5) is 23.1. The minimum absolute atomic E-state index is 0.131. The molecule has 0 radical (unpaired) electrons. The van der Waals surface area contributed by atoms with E-state index in [9.17, 15) is 14.9 Å². The average Bonchev–Trinajstić information content (AvgIpc) is 2.45. The van der Waals surface area contributed by atoms with Gasteiger partial charge in [0.1, 0.15) is 5.69 Å². The van der Waals surface area contributed by atoms with Gasteiger partial charge in [0.05, 0.1) is 31.1 Å². The lowest BCUT2D eigenvalue weighted by Gasteiger charge is -2.22. The largest absolute Gasteiger partial charge is 0.493 e. The van der Waals surface area contributed by atoms with Crippen LogP contribution in [0.5, 0.6) is 11.5 Å². The minimum Gasteiger partial charge on any atom is -0.493 e. The second kappa shape index (κ2) is 6.78. The summed E-state index contributed by atoms with van der Waals surface area (Å²) in [5, 5.41) is 20.1. The van der Waals surface area contributed by atoms with Crippen molar-refractivity contribution < 1.29 is 24.3 Å². The number of methoxy groups -OCH3 is 2. The van der Waals surface area contributed by atoms with Crippen molar-refractivity contribution in [3.63, 3.8) is 0 Å². The van der Waals surface area contributed by atoms with Gasteiger partial charge in [-0.2, -0.15) is 0 Å². The number of nitro benzene ring substituents is 1. The van der Waals surface area contributed by atoms with Crippen molar-refractivity contribution in [2.75, 3.05) is 32.7 Å². The molecule has 1 aromatic carbocycles. The maximum atomic E-state index is 11.2. The zero-order valence-corrected chi connectivity index (χ0v) is 12.3. The SMILES string of the molecule is COc1cc(N(C)CC(C)C(=O)O)c([N+](=O)[O-])cc1OC. The Bertz CT molecular complexity index is 546. The molecule has 0 aliphatic heterocycles. The highest BCUT2D eigenvalue weighted by molar-refractivity contribution is 5.73. The van der Waals surface area contributed by atoms with Crippen LogP contribution in [-0.4, -0.2) is 43.8 Å². The summed E-state index contributed by atoms with van der Waals surface area (Å²) in [5.41, 5.74) is 0.0958. The van der Waals surface area contributed by atoms with E-state index in [2.05, 4.69) is 0 Å². The molecule has 116 valence electrons.